The summed E-state index contributed by atoms with van der Waals surface area (Å²) in [5, 5.41) is 7.72. The molecule has 0 saturated carbocycles. The van der Waals surface area contributed by atoms with Gasteiger partial charge >= 0.3 is 0 Å². The van der Waals surface area contributed by atoms with Crippen LogP contribution in [0, 0.1) is 0 Å². The summed E-state index contributed by atoms with van der Waals surface area (Å²) in [6.07, 6.45) is 0. The maximum atomic E-state index is 12.2. The zero-order chi connectivity index (χ0) is 18.9. The second kappa shape index (κ2) is 7.35. The molecular formula is C15H14BrN3O5S2. The quantitative estimate of drug-likeness (QED) is 0.695. The van der Waals surface area contributed by atoms with Crippen molar-refractivity contribution in [3.8, 4) is 5.75 Å². The topological polar surface area (TPSA) is 119 Å². The van der Waals surface area contributed by atoms with E-state index in [0.29, 0.717) is 16.3 Å². The molecule has 11 heteroatoms. The number of carbonyl (C=O) groups is 2. The average Bonchev–Trinajstić information content (AvgIpc) is 3.05. The Morgan fingerprint density at radius 3 is 2.81 bits per heavy atom. The number of amides is 2. The second-order valence-electron chi connectivity index (χ2n) is 5.42. The van der Waals surface area contributed by atoms with Crippen LogP contribution in [0.4, 0.5) is 5.69 Å². The Labute approximate surface area is 162 Å². The molecule has 1 aliphatic rings. The Hall–Kier alpha value is -1.95. The predicted molar refractivity (Wildman–Crippen MR) is 99.5 cm³/mol. The number of halogens is 1. The number of anilines is 1. The molecule has 0 radical (unpaired) electrons. The van der Waals surface area contributed by atoms with E-state index in [-0.39, 0.29) is 35.7 Å². The normalized spacial score (nSPS) is 13.9. The van der Waals surface area contributed by atoms with Crippen LogP contribution in [-0.4, -0.2) is 33.4 Å². The zero-order valence-corrected chi connectivity index (χ0v) is 16.5. The van der Waals surface area contributed by atoms with Gasteiger partial charge in [-0.25, -0.2) is 13.6 Å². The van der Waals surface area contributed by atoms with Crippen LogP contribution in [0.2, 0.25) is 0 Å². The summed E-state index contributed by atoms with van der Waals surface area (Å²) in [7, 11) is -3.75. The minimum absolute atomic E-state index is 0.0320. The summed E-state index contributed by atoms with van der Waals surface area (Å²) in [5.41, 5.74) is 0.521. The number of nitrogens with one attached hydrogen (secondary N) is 1. The van der Waals surface area contributed by atoms with Gasteiger partial charge in [-0.3, -0.25) is 14.5 Å². The highest BCUT2D eigenvalue weighted by Crippen LogP contribution is 2.34. The second-order valence-corrected chi connectivity index (χ2v) is 9.30. The molecule has 26 heavy (non-hydrogen) atoms. The van der Waals surface area contributed by atoms with Gasteiger partial charge in [0, 0.05) is 9.35 Å². The number of fused-ring (bicyclic) bond motifs is 1. The first kappa shape index (κ1) is 18.8. The first-order valence-electron chi connectivity index (χ1n) is 7.35. The molecule has 0 spiro atoms. The Morgan fingerprint density at radius 2 is 2.12 bits per heavy atom. The zero-order valence-electron chi connectivity index (χ0n) is 13.3. The van der Waals surface area contributed by atoms with Gasteiger partial charge in [-0.05, 0) is 30.3 Å². The number of sulfonamides is 1. The molecule has 0 unspecified atom stereocenters. The van der Waals surface area contributed by atoms with Gasteiger partial charge in [0.2, 0.25) is 15.9 Å². The molecule has 3 N–H and O–H groups in total. The number of rotatable bonds is 5. The fraction of sp³-hybridized carbons (Fsp3) is 0.200. The van der Waals surface area contributed by atoms with E-state index in [4.69, 9.17) is 9.88 Å². The molecule has 0 bridgehead atoms. The van der Waals surface area contributed by atoms with Crippen molar-refractivity contribution in [3.63, 3.8) is 0 Å². The van der Waals surface area contributed by atoms with E-state index in [1.165, 1.54) is 11.0 Å². The lowest BCUT2D eigenvalue weighted by Gasteiger charge is -2.28. The third kappa shape index (κ3) is 4.23. The monoisotopic (exact) mass is 459 g/mol. The molecule has 1 aromatic carbocycles. The average molecular weight is 460 g/mol. The number of hydrogen-bond acceptors (Lipinski definition) is 6. The van der Waals surface area contributed by atoms with Gasteiger partial charge in [-0.15, -0.1) is 11.3 Å². The van der Waals surface area contributed by atoms with Crippen LogP contribution in [0.15, 0.2) is 39.0 Å². The smallest absolute Gasteiger partial charge is 0.265 e. The van der Waals surface area contributed by atoms with Crippen molar-refractivity contribution >= 4 is 54.8 Å². The van der Waals surface area contributed by atoms with E-state index in [1.807, 2.05) is 0 Å². The Bertz CT molecular complexity index is 973. The van der Waals surface area contributed by atoms with Crippen molar-refractivity contribution in [1.82, 2.24) is 5.32 Å². The molecular weight excluding hydrogens is 446 g/mol. The van der Waals surface area contributed by atoms with Crippen molar-refractivity contribution in [1.29, 1.82) is 0 Å². The van der Waals surface area contributed by atoms with Crippen molar-refractivity contribution < 1.29 is 22.7 Å². The molecule has 138 valence electrons. The van der Waals surface area contributed by atoms with Gasteiger partial charge in [0.1, 0.15) is 16.5 Å². The molecule has 1 aliphatic heterocycles. The maximum Gasteiger partial charge on any atom is 0.265 e. The van der Waals surface area contributed by atoms with Crippen LogP contribution in [0.5, 0.6) is 5.75 Å². The number of thiophene rings is 1. The number of benzene rings is 1. The SMILES string of the molecule is NS(=O)(=O)c1ccc(CNC(=O)CN2C(=O)COc3cc(Br)ccc32)s1. The van der Waals surface area contributed by atoms with Crippen molar-refractivity contribution in [2.75, 3.05) is 18.1 Å². The molecule has 8 nitrogen and oxygen atoms in total. The van der Waals surface area contributed by atoms with E-state index >= 15 is 0 Å². The lowest BCUT2D eigenvalue weighted by atomic mass is 10.2. The van der Waals surface area contributed by atoms with Gasteiger partial charge in [0.15, 0.2) is 6.61 Å². The van der Waals surface area contributed by atoms with Crippen LogP contribution in [0.25, 0.3) is 0 Å². The number of nitrogens with zero attached hydrogens (tertiary/aromatic N) is 1. The lowest BCUT2D eigenvalue weighted by molar-refractivity contribution is -0.125. The Morgan fingerprint density at radius 1 is 1.35 bits per heavy atom. The van der Waals surface area contributed by atoms with Gasteiger partial charge in [-0.2, -0.15) is 0 Å². The first-order valence-corrected chi connectivity index (χ1v) is 10.5. The fourth-order valence-corrected chi connectivity index (χ4v) is 4.40. The van der Waals surface area contributed by atoms with Crippen LogP contribution in [0.1, 0.15) is 4.88 Å². The Kier molecular flexibility index (Phi) is 5.32. The lowest BCUT2D eigenvalue weighted by Crippen LogP contribution is -2.45. The summed E-state index contributed by atoms with van der Waals surface area (Å²) in [4.78, 5) is 26.3. The number of ether oxygens (including phenoxy) is 1. The highest BCUT2D eigenvalue weighted by atomic mass is 79.9. The standard InChI is InChI=1S/C15H14BrN3O5S2/c16-9-1-3-11-12(5-9)24-8-14(21)19(11)7-13(20)18-6-10-2-4-15(25-10)26(17,22)23/h1-5H,6-8H2,(H,18,20)(H2,17,22,23). The van der Waals surface area contributed by atoms with Gasteiger partial charge in [0.25, 0.3) is 5.91 Å². The molecule has 2 heterocycles. The Balaban J connectivity index is 1.65. The molecule has 0 fully saturated rings. The van der Waals surface area contributed by atoms with Gasteiger partial charge in [-0.1, -0.05) is 15.9 Å². The van der Waals surface area contributed by atoms with Crippen LogP contribution >= 0.6 is 27.3 Å². The van der Waals surface area contributed by atoms with Gasteiger partial charge in [0.05, 0.1) is 12.2 Å². The summed E-state index contributed by atoms with van der Waals surface area (Å²) in [6.45, 7) is -0.158. The third-order valence-electron chi connectivity index (χ3n) is 3.54. The molecule has 3 rings (SSSR count). The number of carbonyl (C=O) groups excluding carboxylic acids is 2. The van der Waals surface area contributed by atoms with Crippen molar-refractivity contribution in [3.05, 3.63) is 39.7 Å². The summed E-state index contributed by atoms with van der Waals surface area (Å²) in [5.74, 6) is -0.176. The molecule has 2 aromatic rings. The van der Waals surface area contributed by atoms with Crippen LogP contribution < -0.4 is 20.1 Å². The highest BCUT2D eigenvalue weighted by Gasteiger charge is 2.27. The third-order valence-corrected chi connectivity index (χ3v) is 6.56. The van der Waals surface area contributed by atoms with Crippen LogP contribution in [-0.2, 0) is 26.2 Å². The van der Waals surface area contributed by atoms with Crippen LogP contribution in [0.3, 0.4) is 0 Å². The highest BCUT2D eigenvalue weighted by molar-refractivity contribution is 9.10. The summed E-state index contributed by atoms with van der Waals surface area (Å²) < 4.78 is 28.7. The molecule has 1 aromatic heterocycles. The van der Waals surface area contributed by atoms with Gasteiger partial charge < -0.3 is 10.1 Å². The van der Waals surface area contributed by atoms with Crippen molar-refractivity contribution in [2.45, 2.75) is 10.8 Å². The van der Waals surface area contributed by atoms with E-state index < -0.39 is 10.0 Å². The number of nitrogens with two attached hydrogens (primary N) is 1. The summed E-state index contributed by atoms with van der Waals surface area (Å²) >= 11 is 4.31. The molecule has 0 atom stereocenters. The molecule has 2 amide bonds. The molecule has 0 saturated heterocycles. The summed E-state index contributed by atoms with van der Waals surface area (Å²) in [6, 6.07) is 8.15. The minimum Gasteiger partial charge on any atom is -0.482 e. The van der Waals surface area contributed by atoms with Crippen molar-refractivity contribution in [2.24, 2.45) is 5.14 Å². The number of primary sulfonamides is 1. The molecule has 0 aliphatic carbocycles. The number of hydrogen-bond donors (Lipinski definition) is 2. The van der Waals surface area contributed by atoms with E-state index in [2.05, 4.69) is 21.2 Å². The van der Waals surface area contributed by atoms with E-state index in [0.717, 1.165) is 15.8 Å². The van der Waals surface area contributed by atoms with E-state index in [9.17, 15) is 18.0 Å². The predicted octanol–water partition coefficient (Wildman–Crippen LogP) is 1.20. The first-order chi connectivity index (χ1) is 12.2. The van der Waals surface area contributed by atoms with E-state index in [1.54, 1.807) is 24.3 Å². The largest absolute Gasteiger partial charge is 0.482 e. The minimum atomic E-state index is -3.75. The fourth-order valence-electron chi connectivity index (χ4n) is 2.34. The maximum absolute atomic E-state index is 12.2.